The minimum absolute atomic E-state index is 0.778. The smallest absolute Gasteiger partial charge is 0.118 e. The maximum Gasteiger partial charge on any atom is 0.118 e. The summed E-state index contributed by atoms with van der Waals surface area (Å²) in [4.78, 5) is 9.53. The van der Waals surface area contributed by atoms with Crippen molar-refractivity contribution in [3.63, 3.8) is 0 Å². The van der Waals surface area contributed by atoms with Gasteiger partial charge >= 0.3 is 0 Å². The second-order valence-corrected chi connectivity index (χ2v) is 9.47. The van der Waals surface area contributed by atoms with Crippen LogP contribution in [0, 0.1) is 0 Å². The van der Waals surface area contributed by atoms with E-state index in [1.54, 1.807) is 7.11 Å². The summed E-state index contributed by atoms with van der Waals surface area (Å²) < 4.78 is 7.65. The van der Waals surface area contributed by atoms with E-state index in [0.717, 1.165) is 84.1 Å². The summed E-state index contributed by atoms with van der Waals surface area (Å²) in [6.07, 6.45) is 7.20. The number of aryl methyl sites for hydroxylation is 1. The number of benzene rings is 2. The van der Waals surface area contributed by atoms with Crippen LogP contribution in [-0.4, -0.2) is 66.2 Å². The van der Waals surface area contributed by atoms with Crippen molar-refractivity contribution >= 4 is 22.5 Å². The summed E-state index contributed by atoms with van der Waals surface area (Å²) in [7, 11) is 3.88. The molecule has 0 amide bonds. The third-order valence-corrected chi connectivity index (χ3v) is 7.11. The fourth-order valence-electron chi connectivity index (χ4n) is 4.78. The molecule has 5 nitrogen and oxygen atoms in total. The number of methoxy groups -OCH3 is 1. The molecule has 0 aliphatic carbocycles. The Labute approximate surface area is 206 Å². The Morgan fingerprint density at radius 2 is 1.68 bits per heavy atom. The highest BCUT2D eigenvalue weighted by Gasteiger charge is 2.16. The van der Waals surface area contributed by atoms with Crippen molar-refractivity contribution < 1.29 is 4.74 Å². The minimum atomic E-state index is 0.778. The number of pyridine rings is 1. The number of rotatable bonds is 7. The van der Waals surface area contributed by atoms with E-state index in [4.69, 9.17) is 16.3 Å². The average Bonchev–Trinajstić information content (AvgIpc) is 3.25. The van der Waals surface area contributed by atoms with E-state index >= 15 is 0 Å². The third-order valence-electron chi connectivity index (χ3n) is 6.80. The number of fused-ring (bicyclic) bond motifs is 1. The van der Waals surface area contributed by atoms with Crippen LogP contribution in [0.1, 0.15) is 6.42 Å². The molecule has 2 aromatic carbocycles. The van der Waals surface area contributed by atoms with E-state index in [1.807, 2.05) is 36.7 Å². The molecule has 0 bridgehead atoms. The van der Waals surface area contributed by atoms with Crippen LogP contribution < -0.4 is 4.74 Å². The summed E-state index contributed by atoms with van der Waals surface area (Å²) >= 11 is 6.72. The maximum absolute atomic E-state index is 6.72. The number of hydrogen-bond acceptors (Lipinski definition) is 4. The zero-order valence-corrected chi connectivity index (χ0v) is 20.6. The van der Waals surface area contributed by atoms with Gasteiger partial charge in [-0.15, -0.1) is 0 Å². The van der Waals surface area contributed by atoms with Crippen LogP contribution in [0.15, 0.2) is 67.1 Å². The fourth-order valence-corrected chi connectivity index (χ4v) is 5.05. The van der Waals surface area contributed by atoms with Crippen LogP contribution in [0.5, 0.6) is 5.75 Å². The second kappa shape index (κ2) is 10.2. The van der Waals surface area contributed by atoms with E-state index in [-0.39, 0.29) is 0 Å². The van der Waals surface area contributed by atoms with Gasteiger partial charge in [-0.1, -0.05) is 29.8 Å². The number of aromatic nitrogens is 2. The molecule has 0 unspecified atom stereocenters. The van der Waals surface area contributed by atoms with Crippen molar-refractivity contribution in [3.8, 4) is 28.0 Å². The van der Waals surface area contributed by atoms with Crippen LogP contribution in [0.25, 0.3) is 33.2 Å². The topological polar surface area (TPSA) is 33.5 Å². The van der Waals surface area contributed by atoms with Crippen LogP contribution in [0.3, 0.4) is 0 Å². The Morgan fingerprint density at radius 1 is 0.912 bits per heavy atom. The van der Waals surface area contributed by atoms with Gasteiger partial charge in [0.15, 0.2) is 0 Å². The molecule has 0 radical (unpaired) electrons. The van der Waals surface area contributed by atoms with E-state index in [9.17, 15) is 0 Å². The lowest BCUT2D eigenvalue weighted by molar-refractivity contribution is 0.151. The van der Waals surface area contributed by atoms with Crippen molar-refractivity contribution in [2.45, 2.75) is 13.0 Å². The molecule has 6 heteroatoms. The Kier molecular flexibility index (Phi) is 6.86. The number of halogens is 1. The Morgan fingerprint density at radius 3 is 2.44 bits per heavy atom. The molecular formula is C28H31ClN4O. The first-order valence-electron chi connectivity index (χ1n) is 11.9. The highest BCUT2D eigenvalue weighted by molar-refractivity contribution is 6.36. The van der Waals surface area contributed by atoms with Crippen molar-refractivity contribution in [3.05, 3.63) is 72.1 Å². The summed E-state index contributed by atoms with van der Waals surface area (Å²) in [6, 6.07) is 16.5. The summed E-state index contributed by atoms with van der Waals surface area (Å²) in [5.41, 5.74) is 5.56. The Balaban J connectivity index is 1.42. The first-order chi connectivity index (χ1) is 16.6. The van der Waals surface area contributed by atoms with Gasteiger partial charge in [0.2, 0.25) is 0 Å². The predicted molar refractivity (Wildman–Crippen MR) is 141 cm³/mol. The lowest BCUT2D eigenvalue weighted by Gasteiger charge is -2.32. The molecule has 2 aromatic heterocycles. The predicted octanol–water partition coefficient (Wildman–Crippen LogP) is 5.67. The molecule has 1 saturated heterocycles. The number of likely N-dealkylation sites (N-methyl/N-ethyl adjacent to an activating group) is 1. The molecule has 0 atom stereocenters. The average molecular weight is 475 g/mol. The summed E-state index contributed by atoms with van der Waals surface area (Å²) in [5, 5.41) is 1.87. The van der Waals surface area contributed by atoms with Crippen LogP contribution in [0.2, 0.25) is 5.02 Å². The van der Waals surface area contributed by atoms with Crippen molar-refractivity contribution in [2.75, 3.05) is 46.9 Å². The molecule has 34 heavy (non-hydrogen) atoms. The van der Waals surface area contributed by atoms with Crippen LogP contribution >= 0.6 is 11.6 Å². The number of nitrogens with zero attached hydrogens (tertiary/aromatic N) is 4. The zero-order valence-electron chi connectivity index (χ0n) is 19.9. The third kappa shape index (κ3) is 4.83. The van der Waals surface area contributed by atoms with Gasteiger partial charge in [-0.3, -0.25) is 4.98 Å². The molecule has 0 N–H and O–H groups in total. The standard InChI is InChI=1S/C28H31ClN4O/c1-31-13-15-32(16-14-31)11-4-12-33-20-25(28-26(29)5-3-6-27(28)33)23-17-22(18-30-19-23)21-7-9-24(34-2)10-8-21/h3,5-10,17-20H,4,11-16H2,1-2H3. The van der Waals surface area contributed by atoms with Crippen molar-refractivity contribution in [2.24, 2.45) is 0 Å². The van der Waals surface area contributed by atoms with Gasteiger partial charge in [-0.05, 0) is 55.9 Å². The molecule has 0 saturated carbocycles. The van der Waals surface area contributed by atoms with Crippen molar-refractivity contribution in [1.29, 1.82) is 0 Å². The summed E-state index contributed by atoms with van der Waals surface area (Å²) in [5.74, 6) is 0.847. The minimum Gasteiger partial charge on any atom is -0.497 e. The summed E-state index contributed by atoms with van der Waals surface area (Å²) in [6.45, 7) is 6.72. The normalized spacial score (nSPS) is 15.1. The van der Waals surface area contributed by atoms with E-state index < -0.39 is 0 Å². The van der Waals surface area contributed by atoms with E-state index in [2.05, 4.69) is 56.9 Å². The largest absolute Gasteiger partial charge is 0.497 e. The maximum atomic E-state index is 6.72. The molecule has 5 rings (SSSR count). The quantitative estimate of drug-likeness (QED) is 0.345. The first-order valence-corrected chi connectivity index (χ1v) is 12.3. The van der Waals surface area contributed by atoms with Crippen LogP contribution in [0.4, 0.5) is 0 Å². The monoisotopic (exact) mass is 474 g/mol. The molecule has 176 valence electrons. The van der Waals surface area contributed by atoms with Gasteiger partial charge in [0, 0.05) is 73.4 Å². The molecule has 1 fully saturated rings. The Bertz CT molecular complexity index is 1260. The van der Waals surface area contributed by atoms with Gasteiger partial charge in [-0.2, -0.15) is 0 Å². The molecule has 4 aromatic rings. The first kappa shape index (κ1) is 22.9. The number of hydrogen-bond donors (Lipinski definition) is 0. The van der Waals surface area contributed by atoms with Crippen LogP contribution in [-0.2, 0) is 6.54 Å². The van der Waals surface area contributed by atoms with Crippen molar-refractivity contribution in [1.82, 2.24) is 19.4 Å². The zero-order chi connectivity index (χ0) is 23.5. The molecular weight excluding hydrogens is 444 g/mol. The number of piperazine rings is 1. The molecule has 0 spiro atoms. The lowest BCUT2D eigenvalue weighted by atomic mass is 10.0. The number of ether oxygens (including phenoxy) is 1. The fraction of sp³-hybridized carbons (Fsp3) is 0.321. The lowest BCUT2D eigenvalue weighted by Crippen LogP contribution is -2.44. The SMILES string of the molecule is COc1ccc(-c2cncc(-c3cn(CCCN4CCN(C)CC4)c4cccc(Cl)c34)c2)cc1. The molecule has 3 heterocycles. The highest BCUT2D eigenvalue weighted by Crippen LogP contribution is 2.37. The Hall–Kier alpha value is -2.86. The van der Waals surface area contributed by atoms with Gasteiger partial charge in [0.1, 0.15) is 5.75 Å². The second-order valence-electron chi connectivity index (χ2n) is 9.06. The molecule has 1 aliphatic rings. The van der Waals surface area contributed by atoms with E-state index in [1.165, 1.54) is 5.52 Å². The van der Waals surface area contributed by atoms with Gasteiger partial charge in [-0.25, -0.2) is 0 Å². The highest BCUT2D eigenvalue weighted by atomic mass is 35.5. The van der Waals surface area contributed by atoms with Gasteiger partial charge < -0.3 is 19.1 Å². The van der Waals surface area contributed by atoms with E-state index in [0.29, 0.717) is 0 Å². The molecule has 1 aliphatic heterocycles. The van der Waals surface area contributed by atoms with Gasteiger partial charge in [0.05, 0.1) is 17.6 Å². The van der Waals surface area contributed by atoms with Gasteiger partial charge in [0.25, 0.3) is 0 Å².